The zero-order valence-electron chi connectivity index (χ0n) is 9.48. The number of carbonyl (C=O) groups excluding carboxylic acids is 1. The molecule has 0 fully saturated rings. The normalized spacial score (nSPS) is 11.9. The van der Waals surface area contributed by atoms with Gasteiger partial charge in [-0.25, -0.2) is 4.79 Å². The number of rotatable bonds is 4. The van der Waals surface area contributed by atoms with Crippen molar-refractivity contribution in [3.05, 3.63) is 28.2 Å². The first-order valence-corrected chi connectivity index (χ1v) is 5.69. The van der Waals surface area contributed by atoms with Gasteiger partial charge in [-0.3, -0.25) is 4.79 Å². The molecule has 92 valence electrons. The Morgan fingerprint density at radius 3 is 2.53 bits per heavy atom. The van der Waals surface area contributed by atoms with Gasteiger partial charge in [-0.2, -0.15) is 0 Å². The number of carboxylic acids is 1. The summed E-state index contributed by atoms with van der Waals surface area (Å²) in [5.41, 5.74) is 6.05. The third-order valence-corrected chi connectivity index (χ3v) is 3.04. The van der Waals surface area contributed by atoms with Gasteiger partial charge < -0.3 is 15.7 Å². The summed E-state index contributed by atoms with van der Waals surface area (Å²) in [6.07, 6.45) is 0. The van der Waals surface area contributed by atoms with Crippen molar-refractivity contribution in [2.75, 3.05) is 11.9 Å². The van der Waals surface area contributed by atoms with Crippen molar-refractivity contribution in [3.63, 3.8) is 0 Å². The Balaban J connectivity index is 3.21. The number of nitrogens with zero attached hydrogens (tertiary/aromatic N) is 1. The van der Waals surface area contributed by atoms with E-state index in [1.807, 2.05) is 0 Å². The highest BCUT2D eigenvalue weighted by Crippen LogP contribution is 2.24. The smallest absolute Gasteiger partial charge is 0.326 e. The van der Waals surface area contributed by atoms with Gasteiger partial charge in [-0.1, -0.05) is 15.9 Å². The van der Waals surface area contributed by atoms with Crippen molar-refractivity contribution in [1.29, 1.82) is 0 Å². The number of carboxylic acid groups (broad SMARTS) is 1. The van der Waals surface area contributed by atoms with Crippen molar-refractivity contribution in [2.24, 2.45) is 5.73 Å². The zero-order valence-corrected chi connectivity index (χ0v) is 11.1. The summed E-state index contributed by atoms with van der Waals surface area (Å²) in [5, 5.41) is 8.93. The lowest BCUT2D eigenvalue weighted by Gasteiger charge is -2.25. The average Bonchev–Trinajstić information content (AvgIpc) is 2.26. The van der Waals surface area contributed by atoms with Crippen LogP contribution in [0.1, 0.15) is 17.3 Å². The summed E-state index contributed by atoms with van der Waals surface area (Å²) in [4.78, 5) is 23.7. The van der Waals surface area contributed by atoms with Crippen LogP contribution in [-0.2, 0) is 4.79 Å². The van der Waals surface area contributed by atoms with E-state index in [0.29, 0.717) is 10.2 Å². The molecule has 1 unspecified atom stereocenters. The number of primary amides is 1. The molecule has 0 aromatic heterocycles. The Bertz CT molecular complexity index is 462. The standard InChI is InChI=1S/C11H13BrN2O3/c1-6(11(16)17)14(2)9-4-3-7(12)5-8(9)10(13)15/h3-6H,1-2H3,(H2,13,15)(H,16,17). The highest BCUT2D eigenvalue weighted by Gasteiger charge is 2.21. The molecule has 0 saturated carbocycles. The van der Waals surface area contributed by atoms with Gasteiger partial charge in [0, 0.05) is 11.5 Å². The topological polar surface area (TPSA) is 83.6 Å². The van der Waals surface area contributed by atoms with Gasteiger partial charge in [0.25, 0.3) is 5.91 Å². The SMILES string of the molecule is CC(C(=O)O)N(C)c1ccc(Br)cc1C(N)=O. The van der Waals surface area contributed by atoms with Crippen molar-refractivity contribution < 1.29 is 14.7 Å². The second-order valence-electron chi connectivity index (χ2n) is 3.65. The van der Waals surface area contributed by atoms with Gasteiger partial charge in [-0.05, 0) is 25.1 Å². The van der Waals surface area contributed by atoms with Gasteiger partial charge >= 0.3 is 5.97 Å². The Hall–Kier alpha value is -1.56. The predicted molar refractivity (Wildman–Crippen MR) is 68.2 cm³/mol. The first kappa shape index (κ1) is 13.5. The Morgan fingerprint density at radius 2 is 2.06 bits per heavy atom. The van der Waals surface area contributed by atoms with Gasteiger partial charge in [-0.15, -0.1) is 0 Å². The van der Waals surface area contributed by atoms with E-state index in [9.17, 15) is 9.59 Å². The minimum atomic E-state index is -0.967. The number of nitrogens with two attached hydrogens (primary N) is 1. The molecule has 3 N–H and O–H groups in total. The summed E-state index contributed by atoms with van der Waals surface area (Å²) < 4.78 is 0.714. The molecule has 0 aliphatic carbocycles. The molecule has 0 aliphatic rings. The summed E-state index contributed by atoms with van der Waals surface area (Å²) in [6.45, 7) is 1.54. The minimum Gasteiger partial charge on any atom is -0.480 e. The van der Waals surface area contributed by atoms with E-state index in [1.54, 1.807) is 25.2 Å². The molecule has 1 amide bonds. The Morgan fingerprint density at radius 1 is 1.47 bits per heavy atom. The fraction of sp³-hybridized carbons (Fsp3) is 0.273. The van der Waals surface area contributed by atoms with Crippen LogP contribution < -0.4 is 10.6 Å². The van der Waals surface area contributed by atoms with Crippen molar-refractivity contribution in [1.82, 2.24) is 0 Å². The molecule has 1 atom stereocenters. The summed E-state index contributed by atoms with van der Waals surface area (Å²) in [7, 11) is 1.61. The molecule has 5 nitrogen and oxygen atoms in total. The molecule has 0 aliphatic heterocycles. The van der Waals surface area contributed by atoms with E-state index in [-0.39, 0.29) is 5.56 Å². The molecule has 1 aromatic rings. The number of benzene rings is 1. The highest BCUT2D eigenvalue weighted by molar-refractivity contribution is 9.10. The molecule has 17 heavy (non-hydrogen) atoms. The van der Waals surface area contributed by atoms with E-state index >= 15 is 0 Å². The minimum absolute atomic E-state index is 0.287. The van der Waals surface area contributed by atoms with Crippen LogP contribution in [0.4, 0.5) is 5.69 Å². The fourth-order valence-electron chi connectivity index (χ4n) is 1.39. The third-order valence-electron chi connectivity index (χ3n) is 2.54. The molecule has 1 aromatic carbocycles. The molecule has 6 heteroatoms. The first-order valence-electron chi connectivity index (χ1n) is 4.89. The van der Waals surface area contributed by atoms with E-state index in [0.717, 1.165) is 0 Å². The monoisotopic (exact) mass is 300 g/mol. The number of anilines is 1. The van der Waals surface area contributed by atoms with Crippen LogP contribution in [0.3, 0.4) is 0 Å². The molecule has 0 saturated heterocycles. The molecule has 0 spiro atoms. The largest absolute Gasteiger partial charge is 0.480 e. The Kier molecular flexibility index (Phi) is 4.11. The molecule has 0 radical (unpaired) electrons. The number of amides is 1. The number of aliphatic carboxylic acids is 1. The van der Waals surface area contributed by atoms with Crippen molar-refractivity contribution >= 4 is 33.5 Å². The van der Waals surface area contributed by atoms with Crippen LogP contribution in [0.2, 0.25) is 0 Å². The van der Waals surface area contributed by atoms with Gasteiger partial charge in [0.2, 0.25) is 0 Å². The lowest BCUT2D eigenvalue weighted by atomic mass is 10.1. The quantitative estimate of drug-likeness (QED) is 0.882. The van der Waals surface area contributed by atoms with Gasteiger partial charge in [0.15, 0.2) is 0 Å². The second-order valence-corrected chi connectivity index (χ2v) is 4.57. The summed E-state index contributed by atoms with van der Waals surface area (Å²) >= 11 is 3.24. The predicted octanol–water partition coefficient (Wildman–Crippen LogP) is 1.46. The van der Waals surface area contributed by atoms with E-state index < -0.39 is 17.9 Å². The number of hydrogen-bond acceptors (Lipinski definition) is 3. The van der Waals surface area contributed by atoms with Crippen molar-refractivity contribution in [2.45, 2.75) is 13.0 Å². The molecule has 0 heterocycles. The summed E-state index contributed by atoms with van der Waals surface area (Å²) in [6, 6.07) is 4.22. The van der Waals surface area contributed by atoms with Crippen LogP contribution in [0.5, 0.6) is 0 Å². The molecular weight excluding hydrogens is 288 g/mol. The maximum absolute atomic E-state index is 11.3. The van der Waals surface area contributed by atoms with Crippen molar-refractivity contribution in [3.8, 4) is 0 Å². The van der Waals surface area contributed by atoms with Crippen LogP contribution >= 0.6 is 15.9 Å². The van der Waals surface area contributed by atoms with Crippen LogP contribution in [0, 0.1) is 0 Å². The number of carbonyl (C=O) groups is 2. The maximum atomic E-state index is 11.3. The number of hydrogen-bond donors (Lipinski definition) is 2. The molecule has 1 rings (SSSR count). The highest BCUT2D eigenvalue weighted by atomic mass is 79.9. The second kappa shape index (κ2) is 5.18. The Labute approximate surface area is 107 Å². The summed E-state index contributed by atoms with van der Waals surface area (Å²) in [5.74, 6) is -1.56. The number of halogens is 1. The van der Waals surface area contributed by atoms with E-state index in [1.165, 1.54) is 11.8 Å². The van der Waals surface area contributed by atoms with Gasteiger partial charge in [0.05, 0.1) is 11.3 Å². The van der Waals surface area contributed by atoms with Gasteiger partial charge in [0.1, 0.15) is 6.04 Å². The maximum Gasteiger partial charge on any atom is 0.326 e. The van der Waals surface area contributed by atoms with E-state index in [4.69, 9.17) is 10.8 Å². The number of likely N-dealkylation sites (N-methyl/N-ethyl adjacent to an activating group) is 1. The van der Waals surface area contributed by atoms with E-state index in [2.05, 4.69) is 15.9 Å². The fourth-order valence-corrected chi connectivity index (χ4v) is 1.75. The lowest BCUT2D eigenvalue weighted by Crippen LogP contribution is -2.37. The third kappa shape index (κ3) is 2.97. The average molecular weight is 301 g/mol. The zero-order chi connectivity index (χ0) is 13.2. The van der Waals surface area contributed by atoms with Crippen LogP contribution in [0.25, 0.3) is 0 Å². The molecule has 0 bridgehead atoms. The molecular formula is C11H13BrN2O3. The van der Waals surface area contributed by atoms with Crippen LogP contribution in [-0.4, -0.2) is 30.1 Å². The van der Waals surface area contributed by atoms with Crippen LogP contribution in [0.15, 0.2) is 22.7 Å². The first-order chi connectivity index (χ1) is 7.84. The lowest BCUT2D eigenvalue weighted by molar-refractivity contribution is -0.138.